The van der Waals surface area contributed by atoms with E-state index in [0.29, 0.717) is 6.54 Å². The van der Waals surface area contributed by atoms with Crippen LogP contribution < -0.4 is 5.32 Å². The van der Waals surface area contributed by atoms with Crippen molar-refractivity contribution >= 4 is 5.91 Å². The zero-order chi connectivity index (χ0) is 13.0. The second kappa shape index (κ2) is 6.00. The summed E-state index contributed by atoms with van der Waals surface area (Å²) in [5.41, 5.74) is 0.869. The first-order chi connectivity index (χ1) is 8.72. The van der Waals surface area contributed by atoms with Gasteiger partial charge in [0.15, 0.2) is 5.76 Å². The number of rotatable bonds is 5. The number of aromatic nitrogens is 1. The Hall–Kier alpha value is -1.36. The van der Waals surface area contributed by atoms with Gasteiger partial charge in [0.25, 0.3) is 0 Å². The van der Waals surface area contributed by atoms with Crippen LogP contribution in [0, 0.1) is 6.92 Å². The van der Waals surface area contributed by atoms with E-state index in [9.17, 15) is 4.79 Å². The van der Waals surface area contributed by atoms with Gasteiger partial charge in [-0.15, -0.1) is 0 Å². The molecule has 5 nitrogen and oxygen atoms in total. The molecule has 100 valence electrons. The molecule has 1 saturated heterocycles. The smallest absolute Gasteiger partial charge is 0.237 e. The lowest BCUT2D eigenvalue weighted by Gasteiger charge is -2.22. The van der Waals surface area contributed by atoms with Crippen molar-refractivity contribution in [3.05, 3.63) is 17.5 Å². The quantitative estimate of drug-likeness (QED) is 0.808. The molecule has 2 rings (SSSR count). The van der Waals surface area contributed by atoms with Gasteiger partial charge in [-0.25, -0.2) is 0 Å². The number of likely N-dealkylation sites (tertiary alicyclic amines) is 1. The van der Waals surface area contributed by atoms with Crippen LogP contribution in [0.25, 0.3) is 0 Å². The molecule has 0 bridgehead atoms. The number of hydrogen-bond donors (Lipinski definition) is 1. The highest BCUT2D eigenvalue weighted by Crippen LogP contribution is 2.32. The van der Waals surface area contributed by atoms with Crippen molar-refractivity contribution in [2.75, 3.05) is 19.6 Å². The summed E-state index contributed by atoms with van der Waals surface area (Å²) in [7, 11) is 0. The first-order valence-electron chi connectivity index (χ1n) is 6.65. The van der Waals surface area contributed by atoms with E-state index in [1.54, 1.807) is 0 Å². The topological polar surface area (TPSA) is 58.4 Å². The molecule has 1 aromatic heterocycles. The molecule has 1 N–H and O–H groups in total. The van der Waals surface area contributed by atoms with E-state index >= 15 is 0 Å². The van der Waals surface area contributed by atoms with Gasteiger partial charge in [-0.1, -0.05) is 12.1 Å². The number of aryl methyl sites for hydroxylation is 1. The molecule has 1 unspecified atom stereocenters. The molecule has 1 fully saturated rings. The standard InChI is InChI=1S/C13H21N3O2/c1-3-6-14-9-13(17)16-7-4-5-11(16)12-8-10(2)15-18-12/h8,11,14H,3-7,9H2,1-2H3. The summed E-state index contributed by atoms with van der Waals surface area (Å²) in [6.07, 6.45) is 3.04. The van der Waals surface area contributed by atoms with Crippen LogP contribution >= 0.6 is 0 Å². The summed E-state index contributed by atoms with van der Waals surface area (Å²) in [5.74, 6) is 0.967. The Balaban J connectivity index is 1.97. The van der Waals surface area contributed by atoms with Crippen LogP contribution in [0.4, 0.5) is 0 Å². The van der Waals surface area contributed by atoms with E-state index in [4.69, 9.17) is 4.52 Å². The van der Waals surface area contributed by atoms with E-state index in [1.807, 2.05) is 17.9 Å². The number of amides is 1. The van der Waals surface area contributed by atoms with Gasteiger partial charge in [0.1, 0.15) is 0 Å². The molecule has 0 saturated carbocycles. The average Bonchev–Trinajstić information content (AvgIpc) is 2.97. The second-order valence-electron chi connectivity index (χ2n) is 4.79. The Morgan fingerprint density at radius 1 is 1.67 bits per heavy atom. The van der Waals surface area contributed by atoms with Crippen LogP contribution in [-0.2, 0) is 4.79 Å². The molecule has 0 aromatic carbocycles. The summed E-state index contributed by atoms with van der Waals surface area (Å²) < 4.78 is 5.29. The lowest BCUT2D eigenvalue weighted by Crippen LogP contribution is -2.37. The molecule has 5 heteroatoms. The monoisotopic (exact) mass is 251 g/mol. The minimum absolute atomic E-state index is 0.0714. The third-order valence-electron chi connectivity index (χ3n) is 3.25. The SMILES string of the molecule is CCCNCC(=O)N1CCCC1c1cc(C)no1. The summed E-state index contributed by atoms with van der Waals surface area (Å²) in [5, 5.41) is 7.05. The molecule has 1 aliphatic heterocycles. The third-order valence-corrected chi connectivity index (χ3v) is 3.25. The molecule has 1 aliphatic rings. The van der Waals surface area contributed by atoms with Gasteiger partial charge in [0.05, 0.1) is 18.3 Å². The maximum atomic E-state index is 12.1. The molecule has 1 aromatic rings. The highest BCUT2D eigenvalue weighted by molar-refractivity contribution is 5.79. The van der Waals surface area contributed by atoms with Crippen LogP contribution in [0.1, 0.15) is 43.7 Å². The number of nitrogens with one attached hydrogen (secondary N) is 1. The molecule has 1 amide bonds. The van der Waals surface area contributed by atoms with Crippen molar-refractivity contribution in [3.8, 4) is 0 Å². The van der Waals surface area contributed by atoms with Crippen molar-refractivity contribution in [3.63, 3.8) is 0 Å². The number of hydrogen-bond acceptors (Lipinski definition) is 4. The van der Waals surface area contributed by atoms with E-state index in [0.717, 1.165) is 43.8 Å². The van der Waals surface area contributed by atoms with Crippen LogP contribution in [0.15, 0.2) is 10.6 Å². The lowest BCUT2D eigenvalue weighted by atomic mass is 10.1. The van der Waals surface area contributed by atoms with Gasteiger partial charge in [-0.3, -0.25) is 4.79 Å². The lowest BCUT2D eigenvalue weighted by molar-refractivity contribution is -0.131. The fourth-order valence-corrected chi connectivity index (χ4v) is 2.37. The molecule has 1 atom stereocenters. The molecular weight excluding hydrogens is 230 g/mol. The van der Waals surface area contributed by atoms with Crippen molar-refractivity contribution in [2.45, 2.75) is 39.2 Å². The van der Waals surface area contributed by atoms with Crippen LogP contribution in [0.5, 0.6) is 0 Å². The summed E-state index contributed by atoms with van der Waals surface area (Å²) in [6.45, 7) is 6.10. The summed E-state index contributed by atoms with van der Waals surface area (Å²) in [4.78, 5) is 14.0. The summed E-state index contributed by atoms with van der Waals surface area (Å²) >= 11 is 0. The van der Waals surface area contributed by atoms with E-state index in [2.05, 4.69) is 17.4 Å². The van der Waals surface area contributed by atoms with Crippen LogP contribution in [0.2, 0.25) is 0 Å². The van der Waals surface area contributed by atoms with E-state index in [-0.39, 0.29) is 11.9 Å². The van der Waals surface area contributed by atoms with E-state index in [1.165, 1.54) is 0 Å². The fourth-order valence-electron chi connectivity index (χ4n) is 2.37. The van der Waals surface area contributed by atoms with Crippen molar-refractivity contribution in [1.82, 2.24) is 15.4 Å². The van der Waals surface area contributed by atoms with Gasteiger partial charge < -0.3 is 14.7 Å². The van der Waals surface area contributed by atoms with Gasteiger partial charge in [0, 0.05) is 12.6 Å². The molecule has 2 heterocycles. The number of nitrogens with zero attached hydrogens (tertiary/aromatic N) is 2. The predicted molar refractivity (Wildman–Crippen MR) is 68.1 cm³/mol. The highest BCUT2D eigenvalue weighted by Gasteiger charge is 2.32. The van der Waals surface area contributed by atoms with Crippen LogP contribution in [0.3, 0.4) is 0 Å². The Morgan fingerprint density at radius 2 is 2.50 bits per heavy atom. The zero-order valence-corrected chi connectivity index (χ0v) is 11.1. The number of carbonyl (C=O) groups is 1. The maximum Gasteiger partial charge on any atom is 0.237 e. The molecule has 18 heavy (non-hydrogen) atoms. The summed E-state index contributed by atoms with van der Waals surface area (Å²) in [6, 6.07) is 2.00. The minimum Gasteiger partial charge on any atom is -0.359 e. The largest absolute Gasteiger partial charge is 0.359 e. The highest BCUT2D eigenvalue weighted by atomic mass is 16.5. The van der Waals surface area contributed by atoms with E-state index < -0.39 is 0 Å². The average molecular weight is 251 g/mol. The molecular formula is C13H21N3O2. The first kappa shape index (κ1) is 13.1. The third kappa shape index (κ3) is 2.90. The maximum absolute atomic E-state index is 12.1. The zero-order valence-electron chi connectivity index (χ0n) is 11.1. The Bertz CT molecular complexity index is 403. The normalized spacial score (nSPS) is 19.4. The van der Waals surface area contributed by atoms with Gasteiger partial charge in [-0.05, 0) is 32.7 Å². The second-order valence-corrected chi connectivity index (χ2v) is 4.79. The minimum atomic E-state index is 0.0714. The Kier molecular flexibility index (Phi) is 4.36. The fraction of sp³-hybridized carbons (Fsp3) is 0.692. The van der Waals surface area contributed by atoms with Gasteiger partial charge in [0.2, 0.25) is 5.91 Å². The molecule has 0 aliphatic carbocycles. The Morgan fingerprint density at radius 3 is 3.17 bits per heavy atom. The van der Waals surface area contributed by atoms with Crippen molar-refractivity contribution < 1.29 is 9.32 Å². The van der Waals surface area contributed by atoms with Gasteiger partial charge in [-0.2, -0.15) is 0 Å². The van der Waals surface area contributed by atoms with Crippen molar-refractivity contribution in [2.24, 2.45) is 0 Å². The molecule has 0 spiro atoms. The predicted octanol–water partition coefficient (Wildman–Crippen LogP) is 1.65. The molecule has 0 radical (unpaired) electrons. The Labute approximate surface area is 108 Å². The van der Waals surface area contributed by atoms with Crippen molar-refractivity contribution in [1.29, 1.82) is 0 Å². The first-order valence-corrected chi connectivity index (χ1v) is 6.65. The van der Waals surface area contributed by atoms with Crippen LogP contribution in [-0.4, -0.2) is 35.6 Å². The number of carbonyl (C=O) groups excluding carboxylic acids is 1. The van der Waals surface area contributed by atoms with Gasteiger partial charge >= 0.3 is 0 Å².